The third-order valence-corrected chi connectivity index (χ3v) is 5.54. The molecule has 0 aliphatic heterocycles. The lowest BCUT2D eigenvalue weighted by molar-refractivity contribution is -0.116. The molecule has 0 unspecified atom stereocenters. The highest BCUT2D eigenvalue weighted by atomic mass is 32.1. The molecule has 7 heteroatoms. The number of amides is 2. The Morgan fingerprint density at radius 3 is 2.82 bits per heavy atom. The molecule has 0 spiro atoms. The maximum absolute atomic E-state index is 12.1. The van der Waals surface area contributed by atoms with Gasteiger partial charge in [0.15, 0.2) is 10.9 Å². The summed E-state index contributed by atoms with van der Waals surface area (Å²) in [4.78, 5) is 28.4. The van der Waals surface area contributed by atoms with E-state index in [4.69, 9.17) is 4.42 Å². The predicted molar refractivity (Wildman–Crippen MR) is 108 cm³/mol. The van der Waals surface area contributed by atoms with E-state index in [2.05, 4.69) is 33.8 Å². The molecule has 144 valence electrons. The quantitative estimate of drug-likeness (QED) is 0.660. The Morgan fingerprint density at radius 2 is 2.00 bits per heavy atom. The number of hydrogen-bond donors (Lipinski definition) is 2. The third-order valence-electron chi connectivity index (χ3n) is 4.78. The van der Waals surface area contributed by atoms with Gasteiger partial charge in [-0.05, 0) is 55.0 Å². The van der Waals surface area contributed by atoms with Crippen molar-refractivity contribution in [3.8, 4) is 11.3 Å². The van der Waals surface area contributed by atoms with Crippen molar-refractivity contribution in [3.05, 3.63) is 58.9 Å². The Labute approximate surface area is 167 Å². The summed E-state index contributed by atoms with van der Waals surface area (Å²) in [6.45, 7) is 0.231. The molecule has 1 aliphatic rings. The maximum Gasteiger partial charge on any atom is 0.286 e. The van der Waals surface area contributed by atoms with Crippen LogP contribution in [0, 0.1) is 0 Å². The van der Waals surface area contributed by atoms with Gasteiger partial charge in [-0.15, -0.1) is 11.3 Å². The topological polar surface area (TPSA) is 84.2 Å². The third kappa shape index (κ3) is 4.31. The number of carbonyl (C=O) groups excluding carboxylic acids is 2. The first kappa shape index (κ1) is 18.4. The second-order valence-electron chi connectivity index (χ2n) is 6.76. The molecule has 0 saturated carbocycles. The average Bonchev–Trinajstić information content (AvgIpc) is 3.40. The number of carbonyl (C=O) groups is 2. The van der Waals surface area contributed by atoms with E-state index in [1.165, 1.54) is 41.6 Å². The second kappa shape index (κ2) is 8.39. The highest BCUT2D eigenvalue weighted by molar-refractivity contribution is 7.14. The van der Waals surface area contributed by atoms with Crippen molar-refractivity contribution in [2.24, 2.45) is 0 Å². The van der Waals surface area contributed by atoms with Gasteiger partial charge in [0.25, 0.3) is 5.91 Å². The van der Waals surface area contributed by atoms with Gasteiger partial charge in [0.1, 0.15) is 0 Å². The van der Waals surface area contributed by atoms with Crippen LogP contribution in [0.1, 0.15) is 40.9 Å². The van der Waals surface area contributed by atoms with E-state index in [-0.39, 0.29) is 30.5 Å². The van der Waals surface area contributed by atoms with Crippen molar-refractivity contribution >= 4 is 28.3 Å². The van der Waals surface area contributed by atoms with Gasteiger partial charge >= 0.3 is 0 Å². The van der Waals surface area contributed by atoms with E-state index in [1.807, 2.05) is 5.38 Å². The van der Waals surface area contributed by atoms with Gasteiger partial charge in [-0.2, -0.15) is 0 Å². The molecular weight excluding hydrogens is 374 g/mol. The van der Waals surface area contributed by atoms with Crippen LogP contribution in [0.3, 0.4) is 0 Å². The van der Waals surface area contributed by atoms with E-state index >= 15 is 0 Å². The minimum absolute atomic E-state index is 0.167. The summed E-state index contributed by atoms with van der Waals surface area (Å²) < 4.78 is 5.01. The molecule has 28 heavy (non-hydrogen) atoms. The molecule has 0 atom stereocenters. The number of aryl methyl sites for hydroxylation is 2. The van der Waals surface area contributed by atoms with Crippen LogP contribution in [0.4, 0.5) is 5.13 Å². The van der Waals surface area contributed by atoms with Crippen LogP contribution in [0.2, 0.25) is 0 Å². The number of thiazole rings is 1. The van der Waals surface area contributed by atoms with Crippen LogP contribution in [0.5, 0.6) is 0 Å². The van der Waals surface area contributed by atoms with Crippen LogP contribution >= 0.6 is 11.3 Å². The van der Waals surface area contributed by atoms with Gasteiger partial charge in [0, 0.05) is 23.9 Å². The van der Waals surface area contributed by atoms with Crippen molar-refractivity contribution in [3.63, 3.8) is 0 Å². The molecule has 0 bridgehead atoms. The van der Waals surface area contributed by atoms with Crippen LogP contribution in [-0.2, 0) is 17.6 Å². The zero-order chi connectivity index (χ0) is 19.3. The number of hydrogen-bond acceptors (Lipinski definition) is 5. The van der Waals surface area contributed by atoms with Gasteiger partial charge in [-0.1, -0.05) is 12.1 Å². The average molecular weight is 395 g/mol. The number of aromatic nitrogens is 1. The van der Waals surface area contributed by atoms with Gasteiger partial charge in [-0.25, -0.2) is 4.98 Å². The number of fused-ring (bicyclic) bond motifs is 1. The molecule has 2 N–H and O–H groups in total. The van der Waals surface area contributed by atoms with Gasteiger partial charge in [0.05, 0.1) is 12.0 Å². The molecular formula is C21H21N3O3S. The molecule has 2 amide bonds. The molecule has 2 heterocycles. The normalized spacial score (nSPS) is 13.0. The van der Waals surface area contributed by atoms with Gasteiger partial charge in [0.2, 0.25) is 5.91 Å². The number of anilines is 1. The molecule has 2 aromatic heterocycles. The number of furan rings is 1. The summed E-state index contributed by atoms with van der Waals surface area (Å²) in [6, 6.07) is 9.74. The predicted octanol–water partition coefficient (Wildman–Crippen LogP) is 4.04. The van der Waals surface area contributed by atoms with Crippen LogP contribution in [0.15, 0.2) is 46.4 Å². The molecule has 6 nitrogen and oxygen atoms in total. The van der Waals surface area contributed by atoms with Crippen molar-refractivity contribution in [2.75, 3.05) is 11.9 Å². The molecule has 1 aliphatic carbocycles. The zero-order valence-electron chi connectivity index (χ0n) is 15.4. The minimum atomic E-state index is -0.332. The number of nitrogens with zero attached hydrogens (tertiary/aromatic N) is 1. The summed E-state index contributed by atoms with van der Waals surface area (Å²) in [5, 5.41) is 7.97. The Hall–Kier alpha value is -2.93. The van der Waals surface area contributed by atoms with E-state index in [0.29, 0.717) is 5.13 Å². The van der Waals surface area contributed by atoms with Crippen LogP contribution < -0.4 is 10.6 Å². The lowest BCUT2D eigenvalue weighted by Gasteiger charge is -2.16. The van der Waals surface area contributed by atoms with Crippen LogP contribution in [0.25, 0.3) is 11.3 Å². The highest BCUT2D eigenvalue weighted by Gasteiger charge is 2.13. The highest BCUT2D eigenvalue weighted by Crippen LogP contribution is 2.29. The first-order chi connectivity index (χ1) is 13.7. The summed E-state index contributed by atoms with van der Waals surface area (Å²) in [5.41, 5.74) is 4.81. The maximum atomic E-state index is 12.1. The Morgan fingerprint density at radius 1 is 1.14 bits per heavy atom. The lowest BCUT2D eigenvalue weighted by Crippen LogP contribution is -2.27. The number of rotatable bonds is 6. The van der Waals surface area contributed by atoms with Crippen molar-refractivity contribution in [2.45, 2.75) is 32.1 Å². The number of nitrogens with one attached hydrogen (secondary N) is 2. The first-order valence-corrected chi connectivity index (χ1v) is 10.3. The largest absolute Gasteiger partial charge is 0.459 e. The van der Waals surface area contributed by atoms with Gasteiger partial charge in [-0.3, -0.25) is 9.59 Å². The SMILES string of the molecule is O=C(CCNC(=O)c1ccco1)Nc1nc(-c2ccc3c(c2)CCCC3)cs1. The monoisotopic (exact) mass is 395 g/mol. The Bertz CT molecular complexity index is 979. The molecule has 1 aromatic carbocycles. The zero-order valence-corrected chi connectivity index (χ0v) is 16.2. The van der Waals surface area contributed by atoms with Crippen molar-refractivity contribution in [1.29, 1.82) is 0 Å². The minimum Gasteiger partial charge on any atom is -0.459 e. The summed E-state index contributed by atoms with van der Waals surface area (Å²) >= 11 is 1.40. The van der Waals surface area contributed by atoms with Crippen molar-refractivity contribution in [1.82, 2.24) is 10.3 Å². The van der Waals surface area contributed by atoms with Gasteiger partial charge < -0.3 is 15.1 Å². The van der Waals surface area contributed by atoms with Crippen molar-refractivity contribution < 1.29 is 14.0 Å². The fourth-order valence-electron chi connectivity index (χ4n) is 3.32. The standard InChI is InChI=1S/C21H21N3O3S/c25-19(9-10-22-20(26)18-6-3-11-27-18)24-21-23-17(13-28-21)16-8-7-14-4-1-2-5-15(14)12-16/h3,6-8,11-13H,1-2,4-5,9-10H2,(H,22,26)(H,23,24,25). The fourth-order valence-corrected chi connectivity index (χ4v) is 4.06. The molecule has 0 saturated heterocycles. The second-order valence-corrected chi connectivity index (χ2v) is 7.62. The van der Waals surface area contributed by atoms with E-state index < -0.39 is 0 Å². The Balaban J connectivity index is 1.30. The van der Waals surface area contributed by atoms with E-state index in [1.54, 1.807) is 12.1 Å². The summed E-state index contributed by atoms with van der Waals surface area (Å²) in [6.07, 6.45) is 6.39. The van der Waals surface area contributed by atoms with E-state index in [9.17, 15) is 9.59 Å². The molecule has 0 fully saturated rings. The molecule has 3 aromatic rings. The first-order valence-electron chi connectivity index (χ1n) is 9.38. The number of benzene rings is 1. The summed E-state index contributed by atoms with van der Waals surface area (Å²) in [7, 11) is 0. The smallest absolute Gasteiger partial charge is 0.286 e. The summed E-state index contributed by atoms with van der Waals surface area (Å²) in [5.74, 6) is -0.289. The fraction of sp³-hybridized carbons (Fsp3) is 0.286. The van der Waals surface area contributed by atoms with Crippen LogP contribution in [-0.4, -0.2) is 23.3 Å². The molecule has 0 radical (unpaired) electrons. The van der Waals surface area contributed by atoms with E-state index in [0.717, 1.165) is 24.1 Å². The Kier molecular flexibility index (Phi) is 5.53. The molecule has 4 rings (SSSR count). The lowest BCUT2D eigenvalue weighted by atomic mass is 9.90.